The van der Waals surface area contributed by atoms with Crippen LogP contribution in [0, 0.1) is 6.92 Å². The van der Waals surface area contributed by atoms with Crippen molar-refractivity contribution in [3.63, 3.8) is 0 Å². The second kappa shape index (κ2) is 8.87. The Bertz CT molecular complexity index is 1090. The standard InChI is InChI=1S/C26H26N2O2/c1-18-22(23-17-21(30-2)13-14-24(23)28-18)15-16-27-26(29)25(19-9-5-3-6-10-19)20-11-7-4-8-12-20/h3-14,17,25,28H,15-16H2,1-2H3,(H,27,29). The molecule has 0 bridgehead atoms. The molecule has 2 N–H and O–H groups in total. The van der Waals surface area contributed by atoms with Gasteiger partial charge in [-0.2, -0.15) is 0 Å². The molecule has 1 heterocycles. The lowest BCUT2D eigenvalue weighted by atomic mass is 9.90. The van der Waals surface area contributed by atoms with Crippen molar-refractivity contribution in [1.29, 1.82) is 0 Å². The molecule has 4 rings (SSSR count). The number of H-pyrrole nitrogens is 1. The fourth-order valence-electron chi connectivity index (χ4n) is 4.01. The van der Waals surface area contributed by atoms with E-state index in [0.29, 0.717) is 6.54 Å². The van der Waals surface area contributed by atoms with E-state index in [0.717, 1.165) is 39.9 Å². The number of aromatic nitrogens is 1. The average Bonchev–Trinajstić information content (AvgIpc) is 3.10. The molecular formula is C26H26N2O2. The van der Waals surface area contributed by atoms with Crippen LogP contribution in [0.5, 0.6) is 5.75 Å². The van der Waals surface area contributed by atoms with E-state index in [1.165, 1.54) is 5.56 Å². The zero-order valence-corrected chi connectivity index (χ0v) is 17.3. The normalized spacial score (nSPS) is 11.0. The molecule has 30 heavy (non-hydrogen) atoms. The summed E-state index contributed by atoms with van der Waals surface area (Å²) in [5, 5.41) is 4.30. The van der Waals surface area contributed by atoms with Gasteiger partial charge in [-0.25, -0.2) is 0 Å². The zero-order valence-electron chi connectivity index (χ0n) is 17.3. The SMILES string of the molecule is COc1ccc2[nH]c(C)c(CCNC(=O)C(c3ccccc3)c3ccccc3)c2c1. The third-order valence-electron chi connectivity index (χ3n) is 5.53. The fraction of sp³-hybridized carbons (Fsp3) is 0.192. The smallest absolute Gasteiger partial charge is 0.232 e. The minimum atomic E-state index is -0.323. The summed E-state index contributed by atoms with van der Waals surface area (Å²) < 4.78 is 5.38. The van der Waals surface area contributed by atoms with Crippen LogP contribution in [-0.2, 0) is 11.2 Å². The molecule has 0 aliphatic carbocycles. The number of ether oxygens (including phenoxy) is 1. The van der Waals surface area contributed by atoms with Gasteiger partial charge in [0.1, 0.15) is 5.75 Å². The number of methoxy groups -OCH3 is 1. The van der Waals surface area contributed by atoms with E-state index in [9.17, 15) is 4.79 Å². The lowest BCUT2D eigenvalue weighted by Crippen LogP contribution is -2.31. The number of aromatic amines is 1. The first kappa shape index (κ1) is 19.8. The maximum absolute atomic E-state index is 13.2. The van der Waals surface area contributed by atoms with Gasteiger partial charge < -0.3 is 15.0 Å². The van der Waals surface area contributed by atoms with Crippen molar-refractivity contribution in [3.05, 3.63) is 101 Å². The highest BCUT2D eigenvalue weighted by molar-refractivity contribution is 5.88. The third-order valence-corrected chi connectivity index (χ3v) is 5.53. The van der Waals surface area contributed by atoms with Crippen LogP contribution >= 0.6 is 0 Å². The monoisotopic (exact) mass is 398 g/mol. The number of rotatable bonds is 7. The highest BCUT2D eigenvalue weighted by atomic mass is 16.5. The molecule has 0 saturated carbocycles. The Balaban J connectivity index is 1.52. The van der Waals surface area contributed by atoms with Crippen LogP contribution in [0.15, 0.2) is 78.9 Å². The van der Waals surface area contributed by atoms with E-state index in [1.807, 2.05) is 78.9 Å². The molecule has 0 spiro atoms. The van der Waals surface area contributed by atoms with E-state index in [2.05, 4.69) is 17.2 Å². The first-order chi connectivity index (χ1) is 14.7. The lowest BCUT2D eigenvalue weighted by molar-refractivity contribution is -0.121. The van der Waals surface area contributed by atoms with E-state index in [-0.39, 0.29) is 11.8 Å². The van der Waals surface area contributed by atoms with Crippen LogP contribution < -0.4 is 10.1 Å². The molecule has 0 radical (unpaired) electrons. The Morgan fingerprint density at radius 3 is 2.20 bits per heavy atom. The summed E-state index contributed by atoms with van der Waals surface area (Å²) >= 11 is 0. The quantitative estimate of drug-likeness (QED) is 0.461. The molecule has 0 aliphatic heterocycles. The zero-order chi connectivity index (χ0) is 20.9. The van der Waals surface area contributed by atoms with Gasteiger partial charge in [0, 0.05) is 23.1 Å². The van der Waals surface area contributed by atoms with Gasteiger partial charge >= 0.3 is 0 Å². The number of amides is 1. The number of hydrogen-bond donors (Lipinski definition) is 2. The van der Waals surface area contributed by atoms with Gasteiger partial charge in [0.05, 0.1) is 13.0 Å². The van der Waals surface area contributed by atoms with Crippen LogP contribution in [0.3, 0.4) is 0 Å². The Labute approximate surface area is 176 Å². The topological polar surface area (TPSA) is 54.1 Å². The van der Waals surface area contributed by atoms with Crippen LogP contribution in [0.2, 0.25) is 0 Å². The molecule has 1 aromatic heterocycles. The van der Waals surface area contributed by atoms with Crippen molar-refractivity contribution in [2.45, 2.75) is 19.3 Å². The number of benzene rings is 3. The number of nitrogens with one attached hydrogen (secondary N) is 2. The van der Waals surface area contributed by atoms with Crippen LogP contribution in [-0.4, -0.2) is 24.5 Å². The summed E-state index contributed by atoms with van der Waals surface area (Å²) in [7, 11) is 1.67. The Hall–Kier alpha value is -3.53. The average molecular weight is 399 g/mol. The van der Waals surface area contributed by atoms with Gasteiger partial charge in [-0.05, 0) is 48.2 Å². The van der Waals surface area contributed by atoms with E-state index < -0.39 is 0 Å². The molecule has 4 aromatic rings. The number of carbonyl (C=O) groups is 1. The number of hydrogen-bond acceptors (Lipinski definition) is 2. The number of carbonyl (C=O) groups excluding carboxylic acids is 1. The van der Waals surface area contributed by atoms with E-state index in [1.54, 1.807) is 7.11 Å². The summed E-state index contributed by atoms with van der Waals surface area (Å²) in [4.78, 5) is 16.6. The third kappa shape index (κ3) is 4.08. The predicted molar refractivity (Wildman–Crippen MR) is 121 cm³/mol. The van der Waals surface area contributed by atoms with E-state index >= 15 is 0 Å². The Kier molecular flexibility index (Phi) is 5.84. The largest absolute Gasteiger partial charge is 0.497 e. The first-order valence-electron chi connectivity index (χ1n) is 10.2. The Morgan fingerprint density at radius 1 is 0.967 bits per heavy atom. The van der Waals surface area contributed by atoms with Crippen molar-refractivity contribution >= 4 is 16.8 Å². The molecule has 0 fully saturated rings. The Morgan fingerprint density at radius 2 is 1.60 bits per heavy atom. The van der Waals surface area contributed by atoms with Crippen LogP contribution in [0.25, 0.3) is 10.9 Å². The summed E-state index contributed by atoms with van der Waals surface area (Å²) in [5.41, 5.74) is 5.40. The molecule has 0 atom stereocenters. The number of aryl methyl sites for hydroxylation is 1. The molecular weight excluding hydrogens is 372 g/mol. The summed E-state index contributed by atoms with van der Waals surface area (Å²) in [6.07, 6.45) is 0.751. The van der Waals surface area contributed by atoms with Gasteiger partial charge in [-0.1, -0.05) is 60.7 Å². The minimum absolute atomic E-state index is 0.0162. The summed E-state index contributed by atoms with van der Waals surface area (Å²) in [6, 6.07) is 25.9. The van der Waals surface area contributed by atoms with Crippen molar-refractivity contribution in [2.24, 2.45) is 0 Å². The molecule has 0 unspecified atom stereocenters. The first-order valence-corrected chi connectivity index (χ1v) is 10.2. The molecule has 152 valence electrons. The van der Waals surface area contributed by atoms with Crippen LogP contribution in [0.4, 0.5) is 0 Å². The van der Waals surface area contributed by atoms with E-state index in [4.69, 9.17) is 4.74 Å². The molecule has 0 saturated heterocycles. The van der Waals surface area contributed by atoms with Gasteiger partial charge in [0.25, 0.3) is 0 Å². The van der Waals surface area contributed by atoms with Gasteiger partial charge in [0.15, 0.2) is 0 Å². The maximum Gasteiger partial charge on any atom is 0.232 e. The molecule has 4 heteroatoms. The van der Waals surface area contributed by atoms with Crippen molar-refractivity contribution < 1.29 is 9.53 Å². The minimum Gasteiger partial charge on any atom is -0.497 e. The van der Waals surface area contributed by atoms with Crippen LogP contribution in [0.1, 0.15) is 28.3 Å². The van der Waals surface area contributed by atoms with Crippen molar-refractivity contribution in [2.75, 3.05) is 13.7 Å². The van der Waals surface area contributed by atoms with Gasteiger partial charge in [-0.3, -0.25) is 4.79 Å². The highest BCUT2D eigenvalue weighted by Gasteiger charge is 2.22. The second-order valence-electron chi connectivity index (χ2n) is 7.44. The van der Waals surface area contributed by atoms with Crippen molar-refractivity contribution in [3.8, 4) is 5.75 Å². The second-order valence-corrected chi connectivity index (χ2v) is 7.44. The fourth-order valence-corrected chi connectivity index (χ4v) is 4.01. The summed E-state index contributed by atoms with van der Waals surface area (Å²) in [5.74, 6) is 0.527. The lowest BCUT2D eigenvalue weighted by Gasteiger charge is -2.18. The summed E-state index contributed by atoms with van der Waals surface area (Å²) in [6.45, 7) is 2.64. The van der Waals surface area contributed by atoms with Crippen molar-refractivity contribution in [1.82, 2.24) is 10.3 Å². The highest BCUT2D eigenvalue weighted by Crippen LogP contribution is 2.27. The molecule has 0 aliphatic rings. The van der Waals surface area contributed by atoms with Gasteiger partial charge in [-0.15, -0.1) is 0 Å². The molecule has 1 amide bonds. The maximum atomic E-state index is 13.2. The predicted octanol–water partition coefficient (Wildman–Crippen LogP) is 4.98. The van der Waals surface area contributed by atoms with Gasteiger partial charge in [0.2, 0.25) is 5.91 Å². The molecule has 4 nitrogen and oxygen atoms in total. The number of fused-ring (bicyclic) bond motifs is 1. The molecule has 3 aromatic carbocycles.